The molecule has 3 aromatic rings. The molecule has 0 bridgehead atoms. The fourth-order valence-corrected chi connectivity index (χ4v) is 4.96. The first-order valence-corrected chi connectivity index (χ1v) is 11.2. The Morgan fingerprint density at radius 3 is 2.81 bits per heavy atom. The Morgan fingerprint density at radius 1 is 1.34 bits per heavy atom. The van der Waals surface area contributed by atoms with Gasteiger partial charge in [-0.1, -0.05) is 12.1 Å². The van der Waals surface area contributed by atoms with Crippen LogP contribution < -0.4 is 4.90 Å². The number of rotatable bonds is 6. The van der Waals surface area contributed by atoms with Crippen LogP contribution in [-0.4, -0.2) is 45.9 Å². The Hall–Kier alpha value is -2.88. The van der Waals surface area contributed by atoms with E-state index >= 15 is 4.39 Å². The van der Waals surface area contributed by atoms with E-state index in [1.165, 1.54) is 29.7 Å². The molecule has 2 aromatic heterocycles. The van der Waals surface area contributed by atoms with Crippen LogP contribution in [0.4, 0.5) is 14.9 Å². The highest BCUT2D eigenvalue weighted by Gasteiger charge is 2.27. The van der Waals surface area contributed by atoms with E-state index in [4.69, 9.17) is 21.3 Å². The van der Waals surface area contributed by atoms with E-state index in [-0.39, 0.29) is 29.0 Å². The number of hydrogen-bond donors (Lipinski definition) is 1. The number of halogens is 2. The van der Waals surface area contributed by atoms with Crippen molar-refractivity contribution in [1.82, 2.24) is 15.0 Å². The number of benzene rings is 1. The van der Waals surface area contributed by atoms with Crippen molar-refractivity contribution in [3.05, 3.63) is 59.2 Å². The molecule has 32 heavy (non-hydrogen) atoms. The van der Waals surface area contributed by atoms with Crippen molar-refractivity contribution in [1.29, 1.82) is 0 Å². The molecule has 4 rings (SSSR count). The molecule has 1 N–H and O–H groups in total. The molecular weight excluding hydrogens is 455 g/mol. The second-order valence-electron chi connectivity index (χ2n) is 7.15. The third-order valence-electron chi connectivity index (χ3n) is 5.14. The average molecular weight is 475 g/mol. The summed E-state index contributed by atoms with van der Waals surface area (Å²) in [6, 6.07) is 6.31. The Morgan fingerprint density at radius 2 is 2.12 bits per heavy atom. The fourth-order valence-electron chi connectivity index (χ4n) is 3.59. The van der Waals surface area contributed by atoms with Crippen molar-refractivity contribution < 1.29 is 19.0 Å². The van der Waals surface area contributed by atoms with Crippen molar-refractivity contribution in [2.45, 2.75) is 18.8 Å². The van der Waals surface area contributed by atoms with E-state index in [1.54, 1.807) is 18.2 Å². The summed E-state index contributed by atoms with van der Waals surface area (Å²) in [5.41, 5.74) is 1.05. The molecule has 1 amide bonds. The summed E-state index contributed by atoms with van der Waals surface area (Å²) in [7, 11) is 0. The first-order chi connectivity index (χ1) is 15.5. The summed E-state index contributed by atoms with van der Waals surface area (Å²) in [6.07, 6.45) is 3.31. The number of ether oxygens (including phenoxy) is 1. The number of carbonyl (C=O) groups is 1. The molecule has 1 aromatic carbocycles. The number of hydrogen-bond acceptors (Lipinski definition) is 6. The van der Waals surface area contributed by atoms with Crippen LogP contribution >= 0.6 is 22.9 Å². The molecule has 1 aliphatic rings. The largest absolute Gasteiger partial charge is 0.465 e. The minimum absolute atomic E-state index is 0.0472. The van der Waals surface area contributed by atoms with Gasteiger partial charge in [0, 0.05) is 37.4 Å². The molecule has 0 aliphatic carbocycles. The maximum Gasteiger partial charge on any atom is 0.412 e. The first kappa shape index (κ1) is 22.3. The molecule has 0 atom stereocenters. The highest BCUT2D eigenvalue weighted by Crippen LogP contribution is 2.42. The lowest BCUT2D eigenvalue weighted by molar-refractivity contribution is 0.0853. The number of amides is 1. The predicted molar refractivity (Wildman–Crippen MR) is 122 cm³/mol. The van der Waals surface area contributed by atoms with Gasteiger partial charge in [-0.05, 0) is 42.6 Å². The highest BCUT2D eigenvalue weighted by atomic mass is 35.5. The van der Waals surface area contributed by atoms with Crippen molar-refractivity contribution in [2.75, 3.05) is 24.7 Å². The zero-order valence-corrected chi connectivity index (χ0v) is 18.6. The van der Waals surface area contributed by atoms with E-state index in [0.717, 1.165) is 22.7 Å². The van der Waals surface area contributed by atoms with Gasteiger partial charge in [-0.15, -0.1) is 17.9 Å². The molecule has 0 radical (unpaired) electrons. The summed E-state index contributed by atoms with van der Waals surface area (Å²) in [4.78, 5) is 26.2. The Balaban J connectivity index is 1.87. The Labute approximate surface area is 193 Å². The van der Waals surface area contributed by atoms with E-state index in [0.29, 0.717) is 29.5 Å². The smallest absolute Gasteiger partial charge is 0.412 e. The van der Waals surface area contributed by atoms with Gasteiger partial charge in [0.2, 0.25) is 5.28 Å². The lowest BCUT2D eigenvalue weighted by Gasteiger charge is -2.20. The van der Waals surface area contributed by atoms with Crippen LogP contribution in [0.2, 0.25) is 5.28 Å². The lowest BCUT2D eigenvalue weighted by Crippen LogP contribution is -2.30. The molecule has 1 saturated heterocycles. The molecular formula is C22H20ClFN4O3S. The normalized spacial score (nSPS) is 14.3. The summed E-state index contributed by atoms with van der Waals surface area (Å²) < 4.78 is 21.1. The van der Waals surface area contributed by atoms with E-state index in [1.807, 2.05) is 0 Å². The van der Waals surface area contributed by atoms with Crippen molar-refractivity contribution in [2.24, 2.45) is 0 Å². The van der Waals surface area contributed by atoms with Crippen molar-refractivity contribution in [3.63, 3.8) is 0 Å². The number of aromatic nitrogens is 3. The second kappa shape index (κ2) is 9.72. The number of anilines is 1. The van der Waals surface area contributed by atoms with Crippen LogP contribution in [0.15, 0.2) is 43.1 Å². The number of carboxylic acid groups (broad SMARTS) is 1. The summed E-state index contributed by atoms with van der Waals surface area (Å²) in [5.74, 6) is -0.483. The van der Waals surface area contributed by atoms with Crippen molar-refractivity contribution >= 4 is 34.7 Å². The van der Waals surface area contributed by atoms with Crippen LogP contribution in [0.25, 0.3) is 21.8 Å². The van der Waals surface area contributed by atoms with Crippen LogP contribution in [0, 0.1) is 5.82 Å². The van der Waals surface area contributed by atoms with Crippen LogP contribution in [0.1, 0.15) is 23.8 Å². The number of nitrogens with zero attached hydrogens (tertiary/aromatic N) is 4. The van der Waals surface area contributed by atoms with Crippen LogP contribution in [-0.2, 0) is 4.74 Å². The van der Waals surface area contributed by atoms with Gasteiger partial charge in [-0.3, -0.25) is 4.90 Å². The third-order valence-corrected chi connectivity index (χ3v) is 6.56. The van der Waals surface area contributed by atoms with Gasteiger partial charge in [-0.25, -0.2) is 24.1 Å². The number of thiazole rings is 1. The molecule has 1 aliphatic heterocycles. The van der Waals surface area contributed by atoms with E-state index in [2.05, 4.69) is 16.5 Å². The molecule has 0 saturated carbocycles. The fraction of sp³-hybridized carbons (Fsp3) is 0.273. The molecule has 166 valence electrons. The van der Waals surface area contributed by atoms with Gasteiger partial charge in [0.05, 0.1) is 27.0 Å². The van der Waals surface area contributed by atoms with Gasteiger partial charge in [0.25, 0.3) is 0 Å². The maximum absolute atomic E-state index is 15.7. The minimum Gasteiger partial charge on any atom is -0.465 e. The second-order valence-corrected chi connectivity index (χ2v) is 8.52. The third kappa shape index (κ3) is 4.50. The van der Waals surface area contributed by atoms with Gasteiger partial charge in [0.1, 0.15) is 0 Å². The predicted octanol–water partition coefficient (Wildman–Crippen LogP) is 5.62. The molecule has 0 unspecified atom stereocenters. The monoisotopic (exact) mass is 474 g/mol. The van der Waals surface area contributed by atoms with Gasteiger partial charge in [0.15, 0.2) is 5.82 Å². The maximum atomic E-state index is 15.7. The molecule has 10 heteroatoms. The average Bonchev–Trinajstić information content (AvgIpc) is 3.24. The van der Waals surface area contributed by atoms with E-state index in [9.17, 15) is 9.90 Å². The molecule has 1 fully saturated rings. The molecule has 0 spiro atoms. The van der Waals surface area contributed by atoms with Crippen LogP contribution in [0.3, 0.4) is 0 Å². The van der Waals surface area contributed by atoms with Crippen LogP contribution in [0.5, 0.6) is 0 Å². The highest BCUT2D eigenvalue weighted by molar-refractivity contribution is 7.15. The van der Waals surface area contributed by atoms with Gasteiger partial charge < -0.3 is 9.84 Å². The summed E-state index contributed by atoms with van der Waals surface area (Å²) in [5, 5.41) is 10.5. The van der Waals surface area contributed by atoms with Gasteiger partial charge in [-0.2, -0.15) is 0 Å². The molecule has 3 heterocycles. The lowest BCUT2D eigenvalue weighted by atomic mass is 10.0. The first-order valence-electron chi connectivity index (χ1n) is 9.97. The van der Waals surface area contributed by atoms with Gasteiger partial charge >= 0.3 is 6.09 Å². The standard InChI is InChI=1S/C22H20ClFN4O3S/c1-2-10-28(22(29)30)16-5-3-4-14(17(16)24)18-19(15-6-9-25-21(23)26-15)32-20(27-18)13-7-11-31-12-8-13/h2-6,9,13H,1,7-8,10-12H2,(H,29,30). The Bertz CT molecular complexity index is 1150. The molecule has 7 nitrogen and oxygen atoms in total. The summed E-state index contributed by atoms with van der Waals surface area (Å²) >= 11 is 7.44. The zero-order chi connectivity index (χ0) is 22.7. The summed E-state index contributed by atoms with van der Waals surface area (Å²) in [6.45, 7) is 4.81. The zero-order valence-electron chi connectivity index (χ0n) is 17.0. The van der Waals surface area contributed by atoms with E-state index < -0.39 is 11.9 Å². The SMILES string of the molecule is C=CCN(C(=O)O)c1cccc(-c2nc(C3CCOCC3)sc2-c2ccnc(Cl)n2)c1F. The quantitative estimate of drug-likeness (QED) is 0.368. The Kier molecular flexibility index (Phi) is 6.78. The minimum atomic E-state index is -1.27. The topological polar surface area (TPSA) is 88.4 Å². The van der Waals surface area contributed by atoms with Crippen molar-refractivity contribution in [3.8, 4) is 21.8 Å².